The largest absolute Gasteiger partial charge is 0.416 e. The Morgan fingerprint density at radius 1 is 1.37 bits per heavy atom. The number of rotatable bonds is 3. The second kappa shape index (κ2) is 4.87. The van der Waals surface area contributed by atoms with E-state index in [4.69, 9.17) is 0 Å². The molecule has 19 heavy (non-hydrogen) atoms. The number of nitrogens with zero attached hydrogens (tertiary/aromatic N) is 2. The molecule has 3 nitrogen and oxygen atoms in total. The van der Waals surface area contributed by atoms with Gasteiger partial charge in [0.1, 0.15) is 0 Å². The summed E-state index contributed by atoms with van der Waals surface area (Å²) in [4.78, 5) is 10.9. The summed E-state index contributed by atoms with van der Waals surface area (Å²) in [5.41, 5.74) is 0.167. The van der Waals surface area contributed by atoms with Crippen LogP contribution in [0.1, 0.15) is 22.8 Å². The highest BCUT2D eigenvalue weighted by Crippen LogP contribution is 2.33. The number of aromatic nitrogens is 2. The lowest BCUT2D eigenvalue weighted by Crippen LogP contribution is -2.05. The van der Waals surface area contributed by atoms with Crippen LogP contribution in [0.2, 0.25) is 0 Å². The number of aryl methyl sites for hydroxylation is 1. The van der Waals surface area contributed by atoms with Gasteiger partial charge in [0.05, 0.1) is 11.8 Å². The summed E-state index contributed by atoms with van der Waals surface area (Å²) in [5.74, 6) is 0. The molecule has 0 spiro atoms. The van der Waals surface area contributed by atoms with Gasteiger partial charge < -0.3 is 0 Å². The fourth-order valence-electron chi connectivity index (χ4n) is 1.76. The van der Waals surface area contributed by atoms with Crippen LogP contribution >= 0.6 is 0 Å². The summed E-state index contributed by atoms with van der Waals surface area (Å²) in [6.45, 7) is 2.47. The lowest BCUT2D eigenvalue weighted by molar-refractivity contribution is -0.137. The van der Waals surface area contributed by atoms with Gasteiger partial charge in [0, 0.05) is 23.9 Å². The van der Waals surface area contributed by atoms with Gasteiger partial charge in [-0.15, -0.1) is 0 Å². The number of benzene rings is 1. The van der Waals surface area contributed by atoms with Crippen LogP contribution in [0, 0.1) is 0 Å². The Hall–Kier alpha value is -2.11. The van der Waals surface area contributed by atoms with Crippen molar-refractivity contribution in [3.8, 4) is 11.1 Å². The van der Waals surface area contributed by atoms with Gasteiger partial charge >= 0.3 is 6.18 Å². The quantitative estimate of drug-likeness (QED) is 0.800. The Morgan fingerprint density at radius 3 is 2.63 bits per heavy atom. The van der Waals surface area contributed by atoms with Gasteiger partial charge in [-0.1, -0.05) is 6.07 Å². The predicted octanol–water partition coefficient (Wildman–Crippen LogP) is 3.40. The summed E-state index contributed by atoms with van der Waals surface area (Å²) >= 11 is 0. The summed E-state index contributed by atoms with van der Waals surface area (Å²) < 4.78 is 39.6. The number of hydrogen-bond donors (Lipinski definition) is 0. The molecule has 0 aliphatic carbocycles. The van der Waals surface area contributed by atoms with E-state index in [1.54, 1.807) is 10.9 Å². The SMILES string of the molecule is CCn1cc(-c2cc(C(F)(F)F)ccc2C=O)cn1. The molecular formula is C13H11F3N2O. The molecule has 0 atom stereocenters. The average molecular weight is 268 g/mol. The van der Waals surface area contributed by atoms with Crippen LogP contribution in [-0.2, 0) is 12.7 Å². The van der Waals surface area contributed by atoms with Gasteiger partial charge in [-0.05, 0) is 24.6 Å². The Balaban J connectivity index is 2.56. The Labute approximate surface area is 107 Å². The van der Waals surface area contributed by atoms with Gasteiger partial charge in [-0.25, -0.2) is 0 Å². The molecule has 1 heterocycles. The summed E-state index contributed by atoms with van der Waals surface area (Å²) in [6.07, 6.45) is -0.829. The number of carbonyl (C=O) groups excluding carboxylic acids is 1. The molecule has 1 aromatic carbocycles. The minimum atomic E-state index is -4.43. The van der Waals surface area contributed by atoms with E-state index in [9.17, 15) is 18.0 Å². The molecule has 0 saturated heterocycles. The third kappa shape index (κ3) is 2.67. The lowest BCUT2D eigenvalue weighted by Gasteiger charge is -2.09. The van der Waals surface area contributed by atoms with Crippen molar-refractivity contribution in [3.63, 3.8) is 0 Å². The maximum Gasteiger partial charge on any atom is 0.416 e. The van der Waals surface area contributed by atoms with Crippen molar-refractivity contribution >= 4 is 6.29 Å². The first-order valence-corrected chi connectivity index (χ1v) is 5.65. The van der Waals surface area contributed by atoms with E-state index in [-0.39, 0.29) is 11.1 Å². The topological polar surface area (TPSA) is 34.9 Å². The van der Waals surface area contributed by atoms with E-state index in [1.165, 1.54) is 12.3 Å². The molecule has 0 saturated carbocycles. The number of halogens is 3. The zero-order valence-electron chi connectivity index (χ0n) is 10.1. The van der Waals surface area contributed by atoms with Crippen LogP contribution < -0.4 is 0 Å². The Bertz CT molecular complexity index is 602. The normalized spacial score (nSPS) is 11.6. The molecule has 1 aromatic heterocycles. The van der Waals surface area contributed by atoms with Crippen molar-refractivity contribution < 1.29 is 18.0 Å². The van der Waals surface area contributed by atoms with Gasteiger partial charge in [-0.2, -0.15) is 18.3 Å². The molecule has 0 aliphatic rings. The van der Waals surface area contributed by atoms with Gasteiger partial charge in [0.2, 0.25) is 0 Å². The van der Waals surface area contributed by atoms with Crippen LogP contribution in [0.25, 0.3) is 11.1 Å². The molecule has 0 bridgehead atoms. The number of alkyl halides is 3. The van der Waals surface area contributed by atoms with E-state index < -0.39 is 11.7 Å². The first kappa shape index (κ1) is 13.3. The fraction of sp³-hybridized carbons (Fsp3) is 0.231. The standard InChI is InChI=1S/C13H11F3N2O/c1-2-18-7-10(6-17-18)12-5-11(13(14,15)16)4-3-9(12)8-19/h3-8H,2H2,1H3. The lowest BCUT2D eigenvalue weighted by atomic mass is 10.00. The van der Waals surface area contributed by atoms with Crippen LogP contribution in [0.3, 0.4) is 0 Å². The average Bonchev–Trinajstić information content (AvgIpc) is 2.85. The molecule has 0 fully saturated rings. The minimum Gasteiger partial charge on any atom is -0.298 e. The van der Waals surface area contributed by atoms with Crippen molar-refractivity contribution in [2.24, 2.45) is 0 Å². The zero-order valence-corrected chi connectivity index (χ0v) is 10.1. The number of carbonyl (C=O) groups is 1. The minimum absolute atomic E-state index is 0.212. The van der Waals surface area contributed by atoms with E-state index in [0.29, 0.717) is 18.4 Å². The molecule has 0 aliphatic heterocycles. The first-order valence-electron chi connectivity index (χ1n) is 5.65. The first-order chi connectivity index (χ1) is 8.95. The van der Waals surface area contributed by atoms with Crippen LogP contribution in [0.5, 0.6) is 0 Å². The highest BCUT2D eigenvalue weighted by Gasteiger charge is 2.31. The highest BCUT2D eigenvalue weighted by atomic mass is 19.4. The number of aldehydes is 1. The summed E-state index contributed by atoms with van der Waals surface area (Å²) in [7, 11) is 0. The Kier molecular flexibility index (Phi) is 3.42. The molecule has 6 heteroatoms. The van der Waals surface area contributed by atoms with Crippen LogP contribution in [0.15, 0.2) is 30.6 Å². The van der Waals surface area contributed by atoms with E-state index in [2.05, 4.69) is 5.10 Å². The monoisotopic (exact) mass is 268 g/mol. The third-order valence-electron chi connectivity index (χ3n) is 2.78. The van der Waals surface area contributed by atoms with Crippen LogP contribution in [-0.4, -0.2) is 16.1 Å². The molecule has 100 valence electrons. The van der Waals surface area contributed by atoms with Crippen molar-refractivity contribution in [1.82, 2.24) is 9.78 Å². The third-order valence-corrected chi connectivity index (χ3v) is 2.78. The van der Waals surface area contributed by atoms with Crippen molar-refractivity contribution in [2.75, 3.05) is 0 Å². The maximum atomic E-state index is 12.7. The molecular weight excluding hydrogens is 257 g/mol. The van der Waals surface area contributed by atoms with E-state index >= 15 is 0 Å². The molecule has 2 aromatic rings. The smallest absolute Gasteiger partial charge is 0.298 e. The van der Waals surface area contributed by atoms with Crippen LogP contribution in [0.4, 0.5) is 13.2 Å². The molecule has 2 rings (SSSR count). The van der Waals surface area contributed by atoms with Gasteiger partial charge in [0.15, 0.2) is 6.29 Å². The fourth-order valence-corrected chi connectivity index (χ4v) is 1.76. The number of hydrogen-bond acceptors (Lipinski definition) is 2. The van der Waals surface area contributed by atoms with Gasteiger partial charge in [-0.3, -0.25) is 9.48 Å². The summed E-state index contributed by atoms with van der Waals surface area (Å²) in [6, 6.07) is 3.05. The summed E-state index contributed by atoms with van der Waals surface area (Å²) in [5, 5.41) is 4.00. The van der Waals surface area contributed by atoms with Gasteiger partial charge in [0.25, 0.3) is 0 Å². The van der Waals surface area contributed by atoms with Crippen molar-refractivity contribution in [2.45, 2.75) is 19.6 Å². The highest BCUT2D eigenvalue weighted by molar-refractivity contribution is 5.87. The second-order valence-corrected chi connectivity index (χ2v) is 4.00. The van der Waals surface area contributed by atoms with Crippen molar-refractivity contribution in [1.29, 1.82) is 0 Å². The molecule has 0 unspecified atom stereocenters. The maximum absolute atomic E-state index is 12.7. The predicted molar refractivity (Wildman–Crippen MR) is 63.7 cm³/mol. The second-order valence-electron chi connectivity index (χ2n) is 4.00. The molecule has 0 N–H and O–H groups in total. The van der Waals surface area contributed by atoms with E-state index in [1.807, 2.05) is 6.92 Å². The Morgan fingerprint density at radius 2 is 2.11 bits per heavy atom. The van der Waals surface area contributed by atoms with E-state index in [0.717, 1.165) is 12.1 Å². The molecule has 0 amide bonds. The molecule has 0 radical (unpaired) electrons. The zero-order chi connectivity index (χ0) is 14.0. The van der Waals surface area contributed by atoms with Crippen molar-refractivity contribution in [3.05, 3.63) is 41.7 Å².